The van der Waals surface area contributed by atoms with Gasteiger partial charge in [-0.15, -0.1) is 0 Å². The molecule has 2 aromatic rings. The van der Waals surface area contributed by atoms with Crippen LogP contribution >= 0.6 is 22.6 Å². The van der Waals surface area contributed by atoms with Gasteiger partial charge in [0.1, 0.15) is 0 Å². The third-order valence-corrected chi connectivity index (χ3v) is 3.63. The van der Waals surface area contributed by atoms with Gasteiger partial charge in [0.25, 0.3) is 0 Å². The number of halogens is 1. The molecule has 3 nitrogen and oxygen atoms in total. The fraction of sp³-hybridized carbons (Fsp3) is 0. The van der Waals surface area contributed by atoms with Gasteiger partial charge in [0.2, 0.25) is 0 Å². The quantitative estimate of drug-likeness (QED) is 0.291. The van der Waals surface area contributed by atoms with Gasteiger partial charge in [-0.3, -0.25) is 0 Å². The van der Waals surface area contributed by atoms with Crippen LogP contribution in [0.1, 0.15) is 0 Å². The van der Waals surface area contributed by atoms with Crippen molar-refractivity contribution in [1.29, 1.82) is 0 Å². The van der Waals surface area contributed by atoms with E-state index in [1.54, 1.807) is 6.80 Å². The van der Waals surface area contributed by atoms with Gasteiger partial charge >= 0.3 is 118 Å². The van der Waals surface area contributed by atoms with Gasteiger partial charge in [-0.1, -0.05) is 0 Å². The molecule has 0 atom stereocenters. The van der Waals surface area contributed by atoms with Crippen molar-refractivity contribution >= 4 is 94.1 Å². The topological polar surface area (TPSA) is 32.7 Å². The Morgan fingerprint density at radius 3 is 2.53 bits per heavy atom. The van der Waals surface area contributed by atoms with Crippen LogP contribution in [-0.4, -0.2) is 60.4 Å². The average Bonchev–Trinajstić information content (AvgIpc) is 2.33. The minimum absolute atomic E-state index is 0.492. The Bertz CT molecular complexity index is 566. The zero-order valence-electron chi connectivity index (χ0n) is 8.93. The van der Waals surface area contributed by atoms with E-state index in [0.717, 1.165) is 7.41 Å². The monoisotopic (exact) mass is 323 g/mol. The Hall–Kier alpha value is 0.159. The van der Waals surface area contributed by atoms with E-state index in [1.165, 1.54) is 19.8 Å². The molecule has 0 amide bonds. The van der Waals surface area contributed by atoms with Crippen LogP contribution < -0.4 is 15.1 Å². The van der Waals surface area contributed by atoms with Crippen LogP contribution in [0.4, 0.5) is 11.1 Å². The maximum absolute atomic E-state index is 8.58. The summed E-state index contributed by atoms with van der Waals surface area (Å²) in [5.41, 5.74) is 2.86. The predicted molar refractivity (Wildman–Crippen MR) is 87.2 cm³/mol. The number of anilines is 2. The summed E-state index contributed by atoms with van der Waals surface area (Å²) in [6.07, 6.45) is 0. The van der Waals surface area contributed by atoms with E-state index in [0.29, 0.717) is 5.54 Å². The second-order valence-corrected chi connectivity index (χ2v) is 5.19. The van der Waals surface area contributed by atoms with Crippen LogP contribution in [-0.2, 0) is 0 Å². The normalized spacial score (nSPS) is 10.8. The van der Waals surface area contributed by atoms with Gasteiger partial charge in [-0.25, -0.2) is 0 Å². The number of rotatable bonds is 2. The van der Waals surface area contributed by atoms with Crippen LogP contribution in [0.25, 0.3) is 0 Å². The fourth-order valence-corrected chi connectivity index (χ4v) is 2.38. The molecule has 1 aliphatic heterocycles. The van der Waals surface area contributed by atoms with Crippen molar-refractivity contribution in [3.63, 3.8) is 0 Å². The van der Waals surface area contributed by atoms with Gasteiger partial charge in [-0.2, -0.15) is 0 Å². The van der Waals surface area contributed by atoms with Crippen molar-refractivity contribution in [3.8, 4) is 5.54 Å². The molecule has 3 rings (SSSR count). The number of nitrogens with zero attached hydrogens (tertiary/aromatic N) is 1. The van der Waals surface area contributed by atoms with Crippen molar-refractivity contribution in [2.24, 2.45) is 0 Å². The van der Waals surface area contributed by atoms with E-state index in [1.807, 2.05) is 13.7 Å². The maximum atomic E-state index is 8.58. The molecule has 0 fully saturated rings. The second-order valence-electron chi connectivity index (χ2n) is 3.94. The van der Waals surface area contributed by atoms with Crippen molar-refractivity contribution in [3.05, 3.63) is 3.36 Å². The van der Waals surface area contributed by atoms with Crippen LogP contribution in [0.5, 0.6) is 5.54 Å². The first kappa shape index (κ1) is 12.2. The number of hydrogen-bond acceptors (Lipinski definition) is 3. The average molecular weight is 321 g/mol. The first-order chi connectivity index (χ1) is 8.28. The summed E-state index contributed by atoms with van der Waals surface area (Å²) in [4.78, 5) is 6.45. The summed E-state index contributed by atoms with van der Waals surface area (Å²) in [6.45, 7) is 14.0. The van der Waals surface area contributed by atoms with Crippen LogP contribution in [0, 0.1) is 3.36 Å². The third kappa shape index (κ3) is 2.35. The Kier molecular flexibility index (Phi) is 3.61. The Labute approximate surface area is 117 Å². The molecule has 0 spiro atoms. The molecule has 0 saturated heterocycles. The summed E-state index contributed by atoms with van der Waals surface area (Å²) in [6, 6.07) is 0. The molecule has 3 heterocycles. The predicted octanol–water partition coefficient (Wildman–Crippen LogP) is -2.36. The van der Waals surface area contributed by atoms with Crippen molar-refractivity contribution in [2.45, 2.75) is 0 Å². The minimum atomic E-state index is 0.492. The Morgan fingerprint density at radius 2 is 1.88 bits per heavy atom. The molecule has 0 unspecified atom stereocenters. The Morgan fingerprint density at radius 1 is 1.12 bits per heavy atom. The number of fused-ring (bicyclic) bond motifs is 1. The zero-order chi connectivity index (χ0) is 11.8. The van der Waals surface area contributed by atoms with Crippen LogP contribution in [0.15, 0.2) is 0 Å². The van der Waals surface area contributed by atoms with Crippen LogP contribution in [0.3, 0.4) is 0 Å². The summed E-state index contributed by atoms with van der Waals surface area (Å²) in [7, 11) is 0.854. The summed E-state index contributed by atoms with van der Waals surface area (Å²) < 4.78 is 1.23. The number of hydrogen-bond donors (Lipinski definition) is 1. The summed E-state index contributed by atoms with van der Waals surface area (Å²) in [5.74, 6) is 0. The molecule has 0 aromatic carbocycles. The van der Waals surface area contributed by atoms with Gasteiger partial charge in [0.05, 0.1) is 0 Å². The van der Waals surface area contributed by atoms with Gasteiger partial charge in [0.15, 0.2) is 0 Å². The molecule has 0 aliphatic carbocycles. The molecule has 1 aliphatic rings. The van der Waals surface area contributed by atoms with Crippen molar-refractivity contribution in [2.75, 3.05) is 4.81 Å². The standard InChI is InChI=1S/C5H2B8INO2/c14-3-8-10-4(11-9-3)15-2-1(13-15)6-5(17-16)12-7-2/h13,16H. The zero-order valence-corrected chi connectivity index (χ0v) is 11.1. The molecule has 17 heavy (non-hydrogen) atoms. The molecule has 12 heteroatoms. The first-order valence-electron chi connectivity index (χ1n) is 5.25. The van der Waals surface area contributed by atoms with E-state index in [4.69, 9.17) is 5.26 Å². The molecule has 0 saturated carbocycles. The van der Waals surface area contributed by atoms with Crippen molar-refractivity contribution in [1.82, 2.24) is 0 Å². The van der Waals surface area contributed by atoms with Gasteiger partial charge in [0, 0.05) is 0 Å². The van der Waals surface area contributed by atoms with E-state index >= 15 is 0 Å². The molecule has 70 valence electrons. The van der Waals surface area contributed by atoms with E-state index in [2.05, 4.69) is 59.5 Å². The van der Waals surface area contributed by atoms with Gasteiger partial charge in [-0.05, 0) is 0 Å². The second kappa shape index (κ2) is 5.03. The van der Waals surface area contributed by atoms with Crippen molar-refractivity contribution < 1.29 is 10.1 Å². The molecular weight excluding hydrogens is 319 g/mol. The van der Waals surface area contributed by atoms with E-state index < -0.39 is 0 Å². The van der Waals surface area contributed by atoms with E-state index in [9.17, 15) is 0 Å². The molecule has 0 radical (unpaired) electrons. The molecular formula is C5H2B8INO2. The van der Waals surface area contributed by atoms with E-state index in [-0.39, 0.29) is 0 Å². The fourth-order valence-electron chi connectivity index (χ4n) is 2.02. The first-order valence-corrected chi connectivity index (χ1v) is 6.33. The Balaban J connectivity index is 1.91. The summed E-state index contributed by atoms with van der Waals surface area (Å²) >= 11 is 2.30. The molecule has 1 N–H and O–H groups in total. The molecule has 2 aromatic heterocycles. The SMILES string of the molecule is OOc1bbc2c(b1)BN2c1bbc(I)bb1. The molecule has 0 bridgehead atoms. The van der Waals surface area contributed by atoms with Crippen LogP contribution in [0.2, 0.25) is 0 Å². The third-order valence-electron chi connectivity index (χ3n) is 2.91. The van der Waals surface area contributed by atoms with Gasteiger partial charge < -0.3 is 0 Å². The summed E-state index contributed by atoms with van der Waals surface area (Å²) in [5, 5.41) is 9.77.